The normalized spacial score (nSPS) is 25.3. The van der Waals surface area contributed by atoms with E-state index in [2.05, 4.69) is 11.9 Å². The highest BCUT2D eigenvalue weighted by atomic mass is 35.5. The minimum Gasteiger partial charge on any atom is -0.486 e. The highest BCUT2D eigenvalue weighted by Crippen LogP contribution is 2.33. The minimum absolute atomic E-state index is 0.00385. The lowest BCUT2D eigenvalue weighted by molar-refractivity contribution is -0.0901. The first-order chi connectivity index (χ1) is 9.65. The molecule has 4 nitrogen and oxygen atoms in total. The molecule has 0 amide bonds. The molecule has 112 valence electrons. The summed E-state index contributed by atoms with van der Waals surface area (Å²) >= 11 is 6.19. The van der Waals surface area contributed by atoms with Gasteiger partial charge in [-0.25, -0.2) is 0 Å². The first-order valence-corrected chi connectivity index (χ1v) is 7.47. The molecular weight excluding hydrogens is 278 g/mol. The van der Waals surface area contributed by atoms with Gasteiger partial charge < -0.3 is 14.2 Å². The molecule has 0 aliphatic heterocycles. The molecule has 1 aliphatic carbocycles. The third-order valence-corrected chi connectivity index (χ3v) is 3.89. The van der Waals surface area contributed by atoms with Gasteiger partial charge in [0.25, 0.3) is 0 Å². The molecule has 3 atom stereocenters. The van der Waals surface area contributed by atoms with Crippen molar-refractivity contribution >= 4 is 11.6 Å². The van der Waals surface area contributed by atoms with Crippen LogP contribution in [0, 0.1) is 6.92 Å². The van der Waals surface area contributed by atoms with Crippen molar-refractivity contribution in [1.29, 1.82) is 0 Å². The summed E-state index contributed by atoms with van der Waals surface area (Å²) in [4.78, 5) is 4.50. The fourth-order valence-corrected chi connectivity index (χ4v) is 2.65. The van der Waals surface area contributed by atoms with Gasteiger partial charge in [0.15, 0.2) is 0 Å². The second-order valence-electron chi connectivity index (χ2n) is 4.99. The van der Waals surface area contributed by atoms with E-state index in [1.165, 1.54) is 0 Å². The van der Waals surface area contributed by atoms with Crippen LogP contribution in [0.25, 0.3) is 0 Å². The molecule has 1 aromatic rings. The van der Waals surface area contributed by atoms with E-state index in [1.807, 2.05) is 19.1 Å². The van der Waals surface area contributed by atoms with Crippen LogP contribution in [0.15, 0.2) is 12.1 Å². The van der Waals surface area contributed by atoms with Crippen molar-refractivity contribution in [3.63, 3.8) is 0 Å². The van der Waals surface area contributed by atoms with Gasteiger partial charge in [-0.3, -0.25) is 4.98 Å². The number of methoxy groups -OCH3 is 1. The Morgan fingerprint density at radius 2 is 2.15 bits per heavy atom. The van der Waals surface area contributed by atoms with Crippen LogP contribution in [-0.4, -0.2) is 42.9 Å². The van der Waals surface area contributed by atoms with E-state index >= 15 is 0 Å². The maximum Gasteiger partial charge on any atom is 0.141 e. The number of aryl methyl sites for hydroxylation is 2. The summed E-state index contributed by atoms with van der Waals surface area (Å²) in [7, 11) is 1.65. The summed E-state index contributed by atoms with van der Waals surface area (Å²) in [5.41, 5.74) is 1.99. The maximum atomic E-state index is 6.19. The van der Waals surface area contributed by atoms with Crippen molar-refractivity contribution in [2.24, 2.45) is 0 Å². The van der Waals surface area contributed by atoms with Gasteiger partial charge in [0.1, 0.15) is 18.0 Å². The molecule has 1 heterocycles. The number of alkyl halides is 1. The molecule has 20 heavy (non-hydrogen) atoms. The van der Waals surface area contributed by atoms with E-state index in [4.69, 9.17) is 25.8 Å². The number of hydrogen-bond acceptors (Lipinski definition) is 4. The topological polar surface area (TPSA) is 40.6 Å². The smallest absolute Gasteiger partial charge is 0.141 e. The Balaban J connectivity index is 1.95. The Morgan fingerprint density at radius 3 is 2.80 bits per heavy atom. The molecule has 1 fully saturated rings. The zero-order valence-corrected chi connectivity index (χ0v) is 13.0. The van der Waals surface area contributed by atoms with Crippen LogP contribution >= 0.6 is 11.6 Å². The molecule has 0 radical (unpaired) electrons. The number of nitrogens with zero attached hydrogens (tertiary/aromatic N) is 1. The monoisotopic (exact) mass is 299 g/mol. The molecule has 0 bridgehead atoms. The molecule has 1 aliphatic rings. The van der Waals surface area contributed by atoms with Gasteiger partial charge in [-0.1, -0.05) is 6.92 Å². The molecule has 0 aromatic carbocycles. The lowest BCUT2D eigenvalue weighted by Crippen LogP contribution is -2.53. The summed E-state index contributed by atoms with van der Waals surface area (Å²) in [5.74, 6) is 0.840. The van der Waals surface area contributed by atoms with Gasteiger partial charge in [-0.15, -0.1) is 11.6 Å². The second-order valence-corrected chi connectivity index (χ2v) is 5.55. The minimum atomic E-state index is -0.0715. The van der Waals surface area contributed by atoms with Crippen molar-refractivity contribution in [3.05, 3.63) is 23.5 Å². The van der Waals surface area contributed by atoms with Crippen molar-refractivity contribution in [2.45, 2.75) is 44.3 Å². The lowest BCUT2D eigenvalue weighted by Gasteiger charge is -2.40. The SMILES string of the molecule is CCc1nc(C)ccc1OC1CC(Cl)C1OCCOC. The largest absolute Gasteiger partial charge is 0.486 e. The number of pyridine rings is 1. The maximum absolute atomic E-state index is 6.19. The van der Waals surface area contributed by atoms with Crippen LogP contribution in [0.3, 0.4) is 0 Å². The number of ether oxygens (including phenoxy) is 3. The van der Waals surface area contributed by atoms with E-state index in [1.54, 1.807) is 7.11 Å². The molecule has 5 heteroatoms. The third kappa shape index (κ3) is 3.62. The van der Waals surface area contributed by atoms with Crippen molar-refractivity contribution in [2.75, 3.05) is 20.3 Å². The Labute approximate surface area is 125 Å². The average molecular weight is 300 g/mol. The number of hydrogen-bond donors (Lipinski definition) is 0. The summed E-state index contributed by atoms with van der Waals surface area (Å²) < 4.78 is 16.7. The van der Waals surface area contributed by atoms with Crippen LogP contribution < -0.4 is 4.74 Å². The molecule has 2 rings (SSSR count). The number of halogens is 1. The zero-order chi connectivity index (χ0) is 14.5. The summed E-state index contributed by atoms with van der Waals surface area (Å²) in [6.07, 6.45) is 1.58. The Kier molecular flexibility index (Phi) is 5.64. The lowest BCUT2D eigenvalue weighted by atomic mass is 9.91. The van der Waals surface area contributed by atoms with E-state index < -0.39 is 0 Å². The molecule has 1 aromatic heterocycles. The molecule has 3 unspecified atom stereocenters. The van der Waals surface area contributed by atoms with E-state index in [9.17, 15) is 0 Å². The van der Waals surface area contributed by atoms with Gasteiger partial charge in [0, 0.05) is 19.2 Å². The van der Waals surface area contributed by atoms with E-state index in [0.29, 0.717) is 13.2 Å². The number of aromatic nitrogens is 1. The molecule has 0 N–H and O–H groups in total. The summed E-state index contributed by atoms with van der Waals surface area (Å²) in [6, 6.07) is 3.95. The van der Waals surface area contributed by atoms with Crippen molar-refractivity contribution < 1.29 is 14.2 Å². The number of rotatable bonds is 7. The predicted octanol–water partition coefficient (Wildman–Crippen LogP) is 2.74. The van der Waals surface area contributed by atoms with Crippen LogP contribution in [0.5, 0.6) is 5.75 Å². The van der Waals surface area contributed by atoms with Gasteiger partial charge in [0.2, 0.25) is 0 Å². The highest BCUT2D eigenvalue weighted by Gasteiger charge is 2.43. The molecule has 1 saturated carbocycles. The van der Waals surface area contributed by atoms with E-state index in [0.717, 1.165) is 30.0 Å². The van der Waals surface area contributed by atoms with Gasteiger partial charge in [0.05, 0.1) is 24.3 Å². The van der Waals surface area contributed by atoms with Crippen molar-refractivity contribution in [1.82, 2.24) is 4.98 Å². The molecule has 0 spiro atoms. The van der Waals surface area contributed by atoms with Gasteiger partial charge in [-0.2, -0.15) is 0 Å². The average Bonchev–Trinajstić information content (AvgIpc) is 2.44. The fraction of sp³-hybridized carbons (Fsp3) is 0.667. The van der Waals surface area contributed by atoms with Crippen LogP contribution in [0.1, 0.15) is 24.7 Å². The summed E-state index contributed by atoms with van der Waals surface area (Å²) in [5, 5.41) is 0.0142. The molecular formula is C15H22ClNO3. The van der Waals surface area contributed by atoms with E-state index in [-0.39, 0.29) is 17.6 Å². The van der Waals surface area contributed by atoms with Crippen LogP contribution in [-0.2, 0) is 15.9 Å². The molecule has 0 saturated heterocycles. The standard InChI is InChI=1S/C15H22ClNO3/c1-4-12-13(6-5-10(2)17-12)20-14-9-11(16)15(14)19-8-7-18-3/h5-6,11,14-15H,4,7-9H2,1-3H3. The second kappa shape index (κ2) is 7.25. The zero-order valence-electron chi connectivity index (χ0n) is 12.3. The quantitative estimate of drug-likeness (QED) is 0.573. The van der Waals surface area contributed by atoms with Crippen LogP contribution in [0.2, 0.25) is 0 Å². The predicted molar refractivity (Wildman–Crippen MR) is 78.6 cm³/mol. The van der Waals surface area contributed by atoms with Gasteiger partial charge in [-0.05, 0) is 25.5 Å². The Hall–Kier alpha value is -0.840. The van der Waals surface area contributed by atoms with Crippen molar-refractivity contribution in [3.8, 4) is 5.75 Å². The Morgan fingerprint density at radius 1 is 1.35 bits per heavy atom. The van der Waals surface area contributed by atoms with Crippen LogP contribution in [0.4, 0.5) is 0 Å². The first-order valence-electron chi connectivity index (χ1n) is 7.03. The summed E-state index contributed by atoms with van der Waals surface area (Å²) in [6.45, 7) is 5.17. The fourth-order valence-electron chi connectivity index (χ4n) is 2.24. The highest BCUT2D eigenvalue weighted by molar-refractivity contribution is 6.21. The first kappa shape index (κ1) is 15.5. The third-order valence-electron chi connectivity index (χ3n) is 3.46. The Bertz CT molecular complexity index is 441. The van der Waals surface area contributed by atoms with Gasteiger partial charge >= 0.3 is 0 Å².